The number of hydrogen-bond acceptors (Lipinski definition) is 6. The Labute approximate surface area is 276 Å². The Bertz CT molecular complexity index is 1810. The zero-order valence-corrected chi connectivity index (χ0v) is 26.3. The normalized spacial score (nSPS) is 20.5. The van der Waals surface area contributed by atoms with Crippen molar-refractivity contribution >= 4 is 11.9 Å². The van der Waals surface area contributed by atoms with Crippen LogP contribution in [-0.4, -0.2) is 44.7 Å². The van der Waals surface area contributed by atoms with Crippen LogP contribution in [0.3, 0.4) is 0 Å². The summed E-state index contributed by atoms with van der Waals surface area (Å²) in [6.07, 6.45) is -11.2. The molecule has 0 aliphatic carbocycles. The lowest BCUT2D eigenvalue weighted by molar-refractivity contribution is -0.143. The fraction of sp³-hybridized carbons (Fsp3) is 0.353. The smallest absolute Gasteiger partial charge is 0.416 e. The molecule has 3 aromatic carbocycles. The molecule has 1 fully saturated rings. The monoisotopic (exact) mass is 690 g/mol. The van der Waals surface area contributed by atoms with E-state index in [4.69, 9.17) is 9.47 Å². The van der Waals surface area contributed by atoms with E-state index < -0.39 is 71.4 Å². The van der Waals surface area contributed by atoms with Crippen LogP contribution >= 0.6 is 0 Å². The van der Waals surface area contributed by atoms with Gasteiger partial charge in [0.15, 0.2) is 5.78 Å². The van der Waals surface area contributed by atoms with Crippen molar-refractivity contribution in [2.45, 2.75) is 62.8 Å². The van der Waals surface area contributed by atoms with Gasteiger partial charge in [-0.2, -0.15) is 31.4 Å². The summed E-state index contributed by atoms with van der Waals surface area (Å²) in [5, 5.41) is 6.02. The van der Waals surface area contributed by atoms with Gasteiger partial charge in [0, 0.05) is 0 Å². The van der Waals surface area contributed by atoms with Gasteiger partial charge in [-0.25, -0.2) is 14.7 Å². The number of alkyl halides is 6. The third kappa shape index (κ3) is 7.26. The average Bonchev–Trinajstić information content (AvgIpc) is 3.51. The number of aromatic amines is 1. The first kappa shape index (κ1) is 35.4. The fourth-order valence-corrected chi connectivity index (χ4v) is 6.14. The number of ether oxygens (including phenoxy) is 2. The van der Waals surface area contributed by atoms with E-state index in [2.05, 4.69) is 10.2 Å². The van der Waals surface area contributed by atoms with Gasteiger partial charge in [0.05, 0.1) is 35.9 Å². The van der Waals surface area contributed by atoms with E-state index in [-0.39, 0.29) is 31.1 Å². The lowest BCUT2D eigenvalue weighted by atomic mass is 9.73. The summed E-state index contributed by atoms with van der Waals surface area (Å²) in [5.41, 5.74) is -5.98. The number of rotatable bonds is 9. The summed E-state index contributed by atoms with van der Waals surface area (Å²) in [6, 6.07) is 18.4. The summed E-state index contributed by atoms with van der Waals surface area (Å²) in [6.45, 7) is 1.59. The largest absolute Gasteiger partial charge is 0.445 e. The highest BCUT2D eigenvalue weighted by Crippen LogP contribution is 2.46. The molecule has 260 valence electrons. The minimum atomic E-state index is -5.06. The van der Waals surface area contributed by atoms with Crippen LogP contribution in [-0.2, 0) is 44.3 Å². The zero-order valence-electron chi connectivity index (χ0n) is 26.3. The van der Waals surface area contributed by atoms with E-state index in [1.807, 2.05) is 0 Å². The molecule has 5 rings (SSSR count). The van der Waals surface area contributed by atoms with Crippen LogP contribution in [0.2, 0.25) is 0 Å². The number of ketones is 1. The molecular weight excluding hydrogens is 658 g/mol. The molecule has 1 amide bonds. The molecule has 2 heterocycles. The number of nitrogens with one attached hydrogen (secondary N) is 1. The van der Waals surface area contributed by atoms with Crippen LogP contribution in [0.25, 0.3) is 0 Å². The van der Waals surface area contributed by atoms with E-state index in [0.29, 0.717) is 23.3 Å². The van der Waals surface area contributed by atoms with E-state index >= 15 is 0 Å². The first-order chi connectivity index (χ1) is 23.1. The van der Waals surface area contributed by atoms with Crippen molar-refractivity contribution in [3.05, 3.63) is 123 Å². The molecule has 0 unspecified atom stereocenters. The Morgan fingerprint density at radius 3 is 2.04 bits per heavy atom. The summed E-state index contributed by atoms with van der Waals surface area (Å²) in [5.74, 6) is -0.462. The number of aromatic nitrogens is 3. The fourth-order valence-electron chi connectivity index (χ4n) is 6.14. The number of benzene rings is 3. The molecule has 1 aliphatic rings. The third-order valence-electron chi connectivity index (χ3n) is 8.95. The number of piperidine rings is 1. The SMILES string of the molecule is CC(=O)[C@]1(n2cn[nH]c2=O)CC[C@@](CO[C@H](C)c2cc(C(F)(F)F)cc(C(F)(F)F)c2)(c2ccccc2)N(C(=O)OCc2ccccc2)C1. The summed E-state index contributed by atoms with van der Waals surface area (Å²) < 4.78 is 94.8. The van der Waals surface area contributed by atoms with E-state index in [0.717, 1.165) is 10.9 Å². The highest BCUT2D eigenvalue weighted by atomic mass is 19.4. The lowest BCUT2D eigenvalue weighted by Crippen LogP contribution is -2.65. The van der Waals surface area contributed by atoms with Gasteiger partial charge in [0.25, 0.3) is 0 Å². The maximum absolute atomic E-state index is 14.1. The van der Waals surface area contributed by atoms with Crippen LogP contribution in [0.4, 0.5) is 31.1 Å². The first-order valence-corrected chi connectivity index (χ1v) is 15.2. The summed E-state index contributed by atoms with van der Waals surface area (Å²) in [7, 11) is 0. The van der Waals surface area contributed by atoms with Crippen LogP contribution in [0.15, 0.2) is 90.0 Å². The van der Waals surface area contributed by atoms with Crippen LogP contribution < -0.4 is 5.69 Å². The highest BCUT2D eigenvalue weighted by Gasteiger charge is 2.55. The summed E-state index contributed by atoms with van der Waals surface area (Å²) in [4.78, 5) is 41.5. The van der Waals surface area contributed by atoms with Gasteiger partial charge in [-0.1, -0.05) is 60.7 Å². The predicted octanol–water partition coefficient (Wildman–Crippen LogP) is 7.00. The van der Waals surface area contributed by atoms with Crippen molar-refractivity contribution < 1.29 is 45.4 Å². The minimum absolute atomic E-state index is 0.0152. The molecular formula is C34H32F6N4O5. The quantitative estimate of drug-likeness (QED) is 0.190. The number of hydrogen-bond donors (Lipinski definition) is 1. The molecule has 9 nitrogen and oxygen atoms in total. The van der Waals surface area contributed by atoms with Gasteiger partial charge >= 0.3 is 24.1 Å². The number of amides is 1. The number of carbonyl (C=O) groups excluding carboxylic acids is 2. The van der Waals surface area contributed by atoms with Gasteiger partial charge in [0.1, 0.15) is 18.5 Å². The topological polar surface area (TPSA) is 107 Å². The molecule has 4 aromatic rings. The van der Waals surface area contributed by atoms with Crippen molar-refractivity contribution in [2.75, 3.05) is 13.2 Å². The van der Waals surface area contributed by atoms with Crippen molar-refractivity contribution in [2.24, 2.45) is 0 Å². The standard InChI is InChI=1S/C34H32F6N4O5/c1-22(25-15-27(33(35,36)37)17-28(16-25)34(38,39)40)49-20-32(26-11-7-4-8-12-26)14-13-31(23(2)45,44-21-41-42-29(44)46)19-43(32)30(47)48-18-24-9-5-3-6-10-24/h3-12,15-17,21-22H,13-14,18-20H2,1-2H3,(H,42,46)/t22-,31+,32-/m1/s1. The Hall–Kier alpha value is -4.92. The van der Waals surface area contributed by atoms with E-state index in [1.165, 1.54) is 18.7 Å². The molecule has 1 aliphatic heterocycles. The molecule has 1 saturated heterocycles. The van der Waals surface area contributed by atoms with E-state index in [1.54, 1.807) is 60.7 Å². The number of H-pyrrole nitrogens is 1. The number of nitrogens with zero attached hydrogens (tertiary/aromatic N) is 3. The molecule has 1 N–H and O–H groups in total. The molecule has 0 spiro atoms. The lowest BCUT2D eigenvalue weighted by Gasteiger charge is -2.52. The molecule has 1 aromatic heterocycles. The number of carbonyl (C=O) groups is 2. The first-order valence-electron chi connectivity index (χ1n) is 15.2. The second-order valence-electron chi connectivity index (χ2n) is 11.9. The van der Waals surface area contributed by atoms with E-state index in [9.17, 15) is 40.7 Å². The van der Waals surface area contributed by atoms with Gasteiger partial charge in [-0.15, -0.1) is 0 Å². The van der Waals surface area contributed by atoms with Crippen molar-refractivity contribution in [1.82, 2.24) is 19.7 Å². The molecule has 15 heteroatoms. The van der Waals surface area contributed by atoms with Gasteiger partial charge in [-0.3, -0.25) is 14.3 Å². The number of Topliss-reactive ketones (excluding diaryl/α,β-unsaturated/α-hetero) is 1. The molecule has 0 radical (unpaired) electrons. The number of likely N-dealkylation sites (tertiary alicyclic amines) is 1. The van der Waals surface area contributed by atoms with Crippen molar-refractivity contribution in [3.63, 3.8) is 0 Å². The second-order valence-corrected chi connectivity index (χ2v) is 11.9. The molecule has 0 bridgehead atoms. The summed E-state index contributed by atoms with van der Waals surface area (Å²) >= 11 is 0. The van der Waals surface area contributed by atoms with Crippen LogP contribution in [0, 0.1) is 0 Å². The average molecular weight is 691 g/mol. The zero-order chi connectivity index (χ0) is 35.6. The Morgan fingerprint density at radius 1 is 0.918 bits per heavy atom. The second kappa shape index (κ2) is 13.5. The Kier molecular flexibility index (Phi) is 9.77. The maximum Gasteiger partial charge on any atom is 0.416 e. The Morgan fingerprint density at radius 2 is 1.51 bits per heavy atom. The van der Waals surface area contributed by atoms with Gasteiger partial charge in [-0.05, 0) is 61.6 Å². The molecule has 0 saturated carbocycles. The van der Waals surface area contributed by atoms with Crippen LogP contribution in [0.1, 0.15) is 60.6 Å². The molecule has 49 heavy (non-hydrogen) atoms. The third-order valence-corrected chi connectivity index (χ3v) is 8.95. The maximum atomic E-state index is 14.1. The predicted molar refractivity (Wildman–Crippen MR) is 163 cm³/mol. The van der Waals surface area contributed by atoms with Crippen molar-refractivity contribution in [3.8, 4) is 0 Å². The minimum Gasteiger partial charge on any atom is -0.445 e. The van der Waals surface area contributed by atoms with Gasteiger partial charge in [0.2, 0.25) is 0 Å². The van der Waals surface area contributed by atoms with Crippen molar-refractivity contribution in [1.29, 1.82) is 0 Å². The number of halogens is 6. The van der Waals surface area contributed by atoms with Crippen LogP contribution in [0.5, 0.6) is 0 Å². The molecule has 3 atom stereocenters. The highest BCUT2D eigenvalue weighted by molar-refractivity contribution is 5.85. The Balaban J connectivity index is 1.58. The van der Waals surface area contributed by atoms with Gasteiger partial charge < -0.3 is 9.47 Å².